The highest BCUT2D eigenvalue weighted by molar-refractivity contribution is 7.89. The third-order valence-corrected chi connectivity index (χ3v) is 6.43. The number of pyridine rings is 1. The molecule has 1 N–H and O–H groups in total. The molecule has 2 heterocycles. The number of hydrogen-bond donors (Lipinski definition) is 1. The Morgan fingerprint density at radius 1 is 1.37 bits per heavy atom. The number of aromatic nitrogens is 1. The molecule has 1 unspecified atom stereocenters. The summed E-state index contributed by atoms with van der Waals surface area (Å²) >= 11 is 6.10. The molecule has 1 saturated heterocycles. The number of halogens is 2. The number of nitrogens with zero attached hydrogens (tertiary/aromatic N) is 2. The van der Waals surface area contributed by atoms with Crippen LogP contribution in [-0.4, -0.2) is 50.4 Å². The molecule has 0 aliphatic carbocycles. The van der Waals surface area contributed by atoms with Crippen molar-refractivity contribution in [1.82, 2.24) is 14.6 Å². The third-order valence-electron chi connectivity index (χ3n) is 4.22. The fourth-order valence-corrected chi connectivity index (χ4v) is 4.86. The summed E-state index contributed by atoms with van der Waals surface area (Å²) in [4.78, 5) is 15.8. The van der Waals surface area contributed by atoms with Crippen molar-refractivity contribution in [3.63, 3.8) is 0 Å². The van der Waals surface area contributed by atoms with Crippen molar-refractivity contribution in [2.45, 2.75) is 10.9 Å². The van der Waals surface area contributed by atoms with Crippen LogP contribution in [0.2, 0.25) is 5.02 Å². The first kappa shape index (κ1) is 21.6. The predicted molar refractivity (Wildman–Crippen MR) is 104 cm³/mol. The quantitative estimate of drug-likeness (QED) is 0.746. The predicted octanol–water partition coefficient (Wildman–Crippen LogP) is 2.28. The van der Waals surface area contributed by atoms with E-state index in [1.807, 2.05) is 6.07 Å². The van der Waals surface area contributed by atoms with Gasteiger partial charge in [-0.25, -0.2) is 13.2 Å². The lowest BCUT2D eigenvalue weighted by atomic mass is 10.1. The van der Waals surface area contributed by atoms with Gasteiger partial charge in [0.1, 0.15) is 0 Å². The van der Waals surface area contributed by atoms with Crippen molar-refractivity contribution in [2.75, 3.05) is 26.7 Å². The molecule has 3 rings (SSSR count). The Bertz CT molecular complexity index is 910. The minimum Gasteiger partial charge on any atom is -0.465 e. The van der Waals surface area contributed by atoms with Gasteiger partial charge in [-0.1, -0.05) is 17.7 Å². The lowest BCUT2D eigenvalue weighted by Crippen LogP contribution is -2.48. The average Bonchev–Trinajstić information content (AvgIpc) is 2.68. The van der Waals surface area contributed by atoms with Crippen molar-refractivity contribution in [1.29, 1.82) is 0 Å². The number of nitrogens with one attached hydrogen (secondary N) is 1. The first-order chi connectivity index (χ1) is 12.4. The molecule has 0 bridgehead atoms. The van der Waals surface area contributed by atoms with E-state index in [0.29, 0.717) is 19.6 Å². The summed E-state index contributed by atoms with van der Waals surface area (Å²) in [5, 5.41) is 3.24. The molecule has 0 radical (unpaired) electrons. The Hall–Kier alpha value is -1.71. The van der Waals surface area contributed by atoms with E-state index in [1.165, 1.54) is 29.6 Å². The lowest BCUT2D eigenvalue weighted by molar-refractivity contribution is 0.0601. The maximum absolute atomic E-state index is 13.2. The topological polar surface area (TPSA) is 88.6 Å². The van der Waals surface area contributed by atoms with Gasteiger partial charge in [-0.3, -0.25) is 4.98 Å². The van der Waals surface area contributed by atoms with Crippen LogP contribution in [-0.2, 0) is 14.8 Å². The van der Waals surface area contributed by atoms with Crippen LogP contribution in [0, 0.1) is 0 Å². The van der Waals surface area contributed by atoms with Gasteiger partial charge in [0.15, 0.2) is 0 Å². The molecule has 1 aliphatic heterocycles. The maximum Gasteiger partial charge on any atom is 0.339 e. The van der Waals surface area contributed by atoms with E-state index in [-0.39, 0.29) is 33.9 Å². The van der Waals surface area contributed by atoms with Crippen LogP contribution < -0.4 is 5.32 Å². The summed E-state index contributed by atoms with van der Waals surface area (Å²) in [5.41, 5.74) is 0.929. The van der Waals surface area contributed by atoms with E-state index in [0.717, 1.165) is 5.56 Å². The number of sulfonamides is 1. The fraction of sp³-hybridized carbons (Fsp3) is 0.294. The van der Waals surface area contributed by atoms with Crippen molar-refractivity contribution in [2.24, 2.45) is 0 Å². The molecule has 1 aromatic carbocycles. The zero-order valence-corrected chi connectivity index (χ0v) is 16.9. The minimum absolute atomic E-state index is 0. The van der Waals surface area contributed by atoms with E-state index in [2.05, 4.69) is 15.0 Å². The number of carbonyl (C=O) groups excluding carboxylic acids is 1. The summed E-state index contributed by atoms with van der Waals surface area (Å²) < 4.78 is 32.4. The van der Waals surface area contributed by atoms with Gasteiger partial charge in [-0.2, -0.15) is 4.31 Å². The standard InChI is InChI=1S/C17H18ClN3O4S.ClH/c1-25-17(22)14-5-4-13(9-15(14)18)26(23,24)21-8-7-20-11-16(21)12-3-2-6-19-10-12;/h2-6,9-10,16,20H,7-8,11H2,1H3;1H. The van der Waals surface area contributed by atoms with Crippen LogP contribution in [0.25, 0.3) is 0 Å². The summed E-state index contributed by atoms with van der Waals surface area (Å²) in [7, 11) is -2.56. The van der Waals surface area contributed by atoms with Crippen molar-refractivity contribution < 1.29 is 17.9 Å². The van der Waals surface area contributed by atoms with E-state index in [1.54, 1.807) is 18.5 Å². The van der Waals surface area contributed by atoms with Gasteiger partial charge in [0, 0.05) is 32.0 Å². The molecule has 0 amide bonds. The summed E-state index contributed by atoms with van der Waals surface area (Å²) in [6, 6.07) is 7.27. The van der Waals surface area contributed by atoms with E-state index >= 15 is 0 Å². The van der Waals surface area contributed by atoms with Crippen molar-refractivity contribution in [3.8, 4) is 0 Å². The second-order valence-corrected chi connectivity index (χ2v) is 8.05. The number of esters is 1. The Kier molecular flexibility index (Phi) is 7.19. The van der Waals surface area contributed by atoms with Crippen LogP contribution in [0.4, 0.5) is 0 Å². The Morgan fingerprint density at radius 2 is 2.15 bits per heavy atom. The summed E-state index contributed by atoms with van der Waals surface area (Å²) in [6.07, 6.45) is 3.30. The number of methoxy groups -OCH3 is 1. The summed E-state index contributed by atoms with van der Waals surface area (Å²) in [5.74, 6) is -0.616. The van der Waals surface area contributed by atoms with Crippen LogP contribution >= 0.6 is 24.0 Å². The highest BCUT2D eigenvalue weighted by Crippen LogP contribution is 2.30. The van der Waals surface area contributed by atoms with Crippen LogP contribution in [0.1, 0.15) is 22.0 Å². The molecule has 0 saturated carbocycles. The van der Waals surface area contributed by atoms with Gasteiger partial charge in [0.2, 0.25) is 10.0 Å². The van der Waals surface area contributed by atoms with Gasteiger partial charge in [-0.05, 0) is 29.8 Å². The molecule has 1 fully saturated rings. The normalized spacial score (nSPS) is 17.8. The Labute approximate surface area is 169 Å². The lowest BCUT2D eigenvalue weighted by Gasteiger charge is -2.35. The van der Waals surface area contributed by atoms with E-state index in [4.69, 9.17) is 11.6 Å². The number of benzene rings is 1. The van der Waals surface area contributed by atoms with E-state index in [9.17, 15) is 13.2 Å². The maximum atomic E-state index is 13.2. The van der Waals surface area contributed by atoms with Crippen molar-refractivity contribution in [3.05, 3.63) is 58.9 Å². The molecule has 1 atom stereocenters. The zero-order valence-electron chi connectivity index (χ0n) is 14.5. The highest BCUT2D eigenvalue weighted by atomic mass is 35.5. The van der Waals surface area contributed by atoms with Gasteiger partial charge < -0.3 is 10.1 Å². The van der Waals surface area contributed by atoms with Crippen LogP contribution in [0.3, 0.4) is 0 Å². The molecule has 0 spiro atoms. The third kappa shape index (κ3) is 4.41. The van der Waals surface area contributed by atoms with E-state index < -0.39 is 16.0 Å². The monoisotopic (exact) mass is 431 g/mol. The SMILES string of the molecule is COC(=O)c1ccc(S(=O)(=O)N2CCNCC2c2cccnc2)cc1Cl.Cl. The first-order valence-corrected chi connectivity index (χ1v) is 9.77. The minimum atomic E-state index is -3.80. The fourth-order valence-electron chi connectivity index (χ4n) is 2.90. The van der Waals surface area contributed by atoms with Gasteiger partial charge in [0.25, 0.3) is 0 Å². The van der Waals surface area contributed by atoms with Gasteiger partial charge in [-0.15, -0.1) is 12.4 Å². The van der Waals surface area contributed by atoms with Crippen molar-refractivity contribution >= 4 is 40.0 Å². The first-order valence-electron chi connectivity index (χ1n) is 7.95. The zero-order chi connectivity index (χ0) is 18.7. The van der Waals surface area contributed by atoms with Crippen LogP contribution in [0.15, 0.2) is 47.6 Å². The largest absolute Gasteiger partial charge is 0.465 e. The molecule has 27 heavy (non-hydrogen) atoms. The molecular weight excluding hydrogens is 413 g/mol. The van der Waals surface area contributed by atoms with Gasteiger partial charge >= 0.3 is 5.97 Å². The van der Waals surface area contributed by atoms with Gasteiger partial charge in [0.05, 0.1) is 28.6 Å². The molecule has 1 aromatic heterocycles. The highest BCUT2D eigenvalue weighted by Gasteiger charge is 2.35. The molecule has 7 nitrogen and oxygen atoms in total. The second kappa shape index (κ2) is 8.99. The number of carbonyl (C=O) groups is 1. The summed E-state index contributed by atoms with van der Waals surface area (Å²) in [6.45, 7) is 1.35. The Balaban J connectivity index is 0.00000261. The number of piperazine rings is 1. The number of ether oxygens (including phenoxy) is 1. The van der Waals surface area contributed by atoms with Crippen LogP contribution in [0.5, 0.6) is 0 Å². The molecule has 1 aliphatic rings. The second-order valence-electron chi connectivity index (χ2n) is 5.76. The number of rotatable bonds is 4. The molecule has 2 aromatic rings. The Morgan fingerprint density at radius 3 is 2.78 bits per heavy atom. The smallest absolute Gasteiger partial charge is 0.339 e. The average molecular weight is 432 g/mol. The molecular formula is C17H19Cl2N3O4S. The number of hydrogen-bond acceptors (Lipinski definition) is 6. The molecule has 10 heteroatoms. The molecule has 146 valence electrons.